The molecule has 5 heteroatoms. The van der Waals surface area contributed by atoms with Crippen molar-refractivity contribution in [3.8, 4) is 0 Å². The lowest BCUT2D eigenvalue weighted by atomic mass is 10.1. The van der Waals surface area contributed by atoms with Crippen molar-refractivity contribution in [2.45, 2.75) is 25.7 Å². The van der Waals surface area contributed by atoms with E-state index in [0.29, 0.717) is 6.42 Å². The van der Waals surface area contributed by atoms with Crippen molar-refractivity contribution < 1.29 is 19.1 Å². The fourth-order valence-corrected chi connectivity index (χ4v) is 2.18. The monoisotopic (exact) mass is 254 g/mol. The Kier molecular flexibility index (Phi) is 5.56. The van der Waals surface area contributed by atoms with Gasteiger partial charge in [0.1, 0.15) is 5.78 Å². The van der Waals surface area contributed by atoms with E-state index in [-0.39, 0.29) is 6.42 Å². The van der Waals surface area contributed by atoms with Crippen molar-refractivity contribution in [2.75, 3.05) is 6.16 Å². The van der Waals surface area contributed by atoms with Gasteiger partial charge in [-0.15, -0.1) is 0 Å². The van der Waals surface area contributed by atoms with Crippen molar-refractivity contribution in [1.82, 2.24) is 0 Å². The topological polar surface area (TPSA) is 80.3 Å². The number of hydrogen-bond donors (Lipinski definition) is 0. The first-order valence-corrected chi connectivity index (χ1v) is 7.27. The highest BCUT2D eigenvalue weighted by atomic mass is 31.2. The van der Waals surface area contributed by atoms with Crippen LogP contribution in [0.2, 0.25) is 0 Å². The summed E-state index contributed by atoms with van der Waals surface area (Å²) in [6.07, 6.45) is 1.62. The van der Waals surface area contributed by atoms with E-state index >= 15 is 0 Å². The third kappa shape index (κ3) is 7.05. The minimum absolute atomic E-state index is 0.168. The summed E-state index contributed by atoms with van der Waals surface area (Å²) in [7, 11) is -4.68. The first-order valence-electron chi connectivity index (χ1n) is 5.54. The lowest BCUT2D eigenvalue weighted by molar-refractivity contribution is -0.312. The number of ketones is 1. The molecule has 0 aliphatic rings. The molecule has 1 rings (SSSR count). The first-order chi connectivity index (χ1) is 7.97. The molecule has 1 aromatic rings. The molecule has 0 N–H and O–H groups in total. The van der Waals surface area contributed by atoms with E-state index in [9.17, 15) is 19.1 Å². The van der Waals surface area contributed by atoms with Crippen LogP contribution in [0.25, 0.3) is 0 Å². The van der Waals surface area contributed by atoms with Crippen LogP contribution in [-0.4, -0.2) is 11.9 Å². The van der Waals surface area contributed by atoms with Gasteiger partial charge < -0.3 is 14.4 Å². The van der Waals surface area contributed by atoms with Gasteiger partial charge in [-0.05, 0) is 24.8 Å². The molecule has 0 spiro atoms. The van der Waals surface area contributed by atoms with Gasteiger partial charge in [0, 0.05) is 12.6 Å². The van der Waals surface area contributed by atoms with Crippen LogP contribution in [-0.2, 0) is 15.8 Å². The van der Waals surface area contributed by atoms with E-state index in [1.54, 1.807) is 0 Å². The number of unbranched alkanes of at least 4 members (excludes halogenated alkanes) is 1. The fraction of sp³-hybridized carbons (Fsp3) is 0.417. The number of Topliss-reactive ketones (excluding diaryl/α,β-unsaturated/α-hetero) is 1. The summed E-state index contributed by atoms with van der Waals surface area (Å²) in [4.78, 5) is 31.8. The van der Waals surface area contributed by atoms with Crippen LogP contribution in [0, 0.1) is 0 Å². The number of benzene rings is 1. The molecule has 0 atom stereocenters. The summed E-state index contributed by atoms with van der Waals surface area (Å²) < 4.78 is 10.3. The second-order valence-corrected chi connectivity index (χ2v) is 5.54. The van der Waals surface area contributed by atoms with Crippen LogP contribution < -0.4 is 9.79 Å². The molecular weight excluding hydrogens is 239 g/mol. The smallest absolute Gasteiger partial charge is 0.137 e. The number of rotatable bonds is 7. The molecule has 1 aromatic carbocycles. The van der Waals surface area contributed by atoms with E-state index in [4.69, 9.17) is 0 Å². The van der Waals surface area contributed by atoms with Gasteiger partial charge in [0.05, 0.1) is 0 Å². The number of carbonyl (C=O) groups is 1. The predicted molar refractivity (Wildman–Crippen MR) is 61.5 cm³/mol. The van der Waals surface area contributed by atoms with Crippen LogP contribution in [0.3, 0.4) is 0 Å². The lowest BCUT2D eigenvalue weighted by Crippen LogP contribution is -2.21. The van der Waals surface area contributed by atoms with Gasteiger partial charge in [-0.2, -0.15) is 0 Å². The summed E-state index contributed by atoms with van der Waals surface area (Å²) >= 11 is 0. The van der Waals surface area contributed by atoms with Crippen LogP contribution in [0.1, 0.15) is 24.8 Å². The Hall–Kier alpha value is -0.960. The normalized spacial score (nSPS) is 11.4. The van der Waals surface area contributed by atoms with Gasteiger partial charge in [-0.25, -0.2) is 0 Å². The highest BCUT2D eigenvalue weighted by molar-refractivity contribution is 7.49. The highest BCUT2D eigenvalue weighted by Crippen LogP contribution is 2.23. The standard InChI is InChI=1S/C12H17O4P/c13-12(10-17(14,15)16)9-5-4-8-11-6-2-1-3-7-11/h1-3,6-7H,4-5,8-10H2,(H2,14,15,16)/p-2. The quantitative estimate of drug-likeness (QED) is 0.534. The van der Waals surface area contributed by atoms with E-state index in [1.807, 2.05) is 30.3 Å². The molecular formula is C12H15O4P-2. The van der Waals surface area contributed by atoms with E-state index in [2.05, 4.69) is 0 Å². The van der Waals surface area contributed by atoms with Gasteiger partial charge in [0.15, 0.2) is 0 Å². The molecule has 94 valence electrons. The molecule has 0 aliphatic carbocycles. The molecule has 0 saturated heterocycles. The predicted octanol–water partition coefficient (Wildman–Crippen LogP) is 0.882. The summed E-state index contributed by atoms with van der Waals surface area (Å²) in [5.74, 6) is -0.480. The van der Waals surface area contributed by atoms with Gasteiger partial charge in [-0.1, -0.05) is 37.9 Å². The Balaban J connectivity index is 2.17. The minimum atomic E-state index is -4.68. The summed E-state index contributed by atoms with van der Waals surface area (Å²) in [6, 6.07) is 9.85. The Bertz CT molecular complexity index is 396. The SMILES string of the molecule is O=C(CCCCc1ccccc1)CP(=O)([O-])[O-]. The maximum atomic E-state index is 11.1. The zero-order valence-electron chi connectivity index (χ0n) is 9.50. The van der Waals surface area contributed by atoms with Crippen LogP contribution >= 0.6 is 7.60 Å². The molecule has 4 nitrogen and oxygen atoms in total. The highest BCUT2D eigenvalue weighted by Gasteiger charge is 2.04. The van der Waals surface area contributed by atoms with Gasteiger partial charge in [-0.3, -0.25) is 4.79 Å². The van der Waals surface area contributed by atoms with Crippen molar-refractivity contribution in [3.05, 3.63) is 35.9 Å². The van der Waals surface area contributed by atoms with Gasteiger partial charge in [0.2, 0.25) is 0 Å². The third-order valence-electron chi connectivity index (χ3n) is 2.38. The van der Waals surface area contributed by atoms with E-state index < -0.39 is 19.5 Å². The second-order valence-electron chi connectivity index (χ2n) is 4.00. The lowest BCUT2D eigenvalue weighted by Gasteiger charge is -2.28. The number of hydrogen-bond acceptors (Lipinski definition) is 4. The molecule has 0 saturated carbocycles. The molecule has 0 radical (unpaired) electrons. The summed E-state index contributed by atoms with van der Waals surface area (Å²) in [6.45, 7) is 0. The maximum Gasteiger partial charge on any atom is 0.137 e. The number of aryl methyl sites for hydroxylation is 1. The summed E-state index contributed by atoms with van der Waals surface area (Å²) in [5.41, 5.74) is 1.19. The Labute approximate surface area is 101 Å². The van der Waals surface area contributed by atoms with Crippen LogP contribution in [0.15, 0.2) is 30.3 Å². The average molecular weight is 254 g/mol. The van der Waals surface area contributed by atoms with Crippen molar-refractivity contribution in [1.29, 1.82) is 0 Å². The summed E-state index contributed by atoms with van der Waals surface area (Å²) in [5, 5.41) is 0. The van der Waals surface area contributed by atoms with E-state index in [1.165, 1.54) is 5.56 Å². The largest absolute Gasteiger partial charge is 0.810 e. The maximum absolute atomic E-state index is 11.1. The average Bonchev–Trinajstić information content (AvgIpc) is 2.23. The Morgan fingerprint density at radius 1 is 1.12 bits per heavy atom. The van der Waals surface area contributed by atoms with Crippen molar-refractivity contribution in [3.63, 3.8) is 0 Å². The molecule has 0 heterocycles. The zero-order chi connectivity index (χ0) is 12.7. The van der Waals surface area contributed by atoms with E-state index in [0.717, 1.165) is 12.8 Å². The zero-order valence-corrected chi connectivity index (χ0v) is 10.4. The van der Waals surface area contributed by atoms with Gasteiger partial charge in [0.25, 0.3) is 0 Å². The molecule has 0 unspecified atom stereocenters. The van der Waals surface area contributed by atoms with Crippen molar-refractivity contribution >= 4 is 13.4 Å². The fourth-order valence-electron chi connectivity index (χ4n) is 1.59. The Morgan fingerprint density at radius 3 is 2.35 bits per heavy atom. The molecule has 0 bridgehead atoms. The molecule has 0 aromatic heterocycles. The van der Waals surface area contributed by atoms with Crippen molar-refractivity contribution in [2.24, 2.45) is 0 Å². The molecule has 0 amide bonds. The molecule has 17 heavy (non-hydrogen) atoms. The number of carbonyl (C=O) groups excluding carboxylic acids is 1. The third-order valence-corrected chi connectivity index (χ3v) is 3.12. The second kappa shape index (κ2) is 6.70. The molecule has 0 fully saturated rings. The Morgan fingerprint density at radius 2 is 1.76 bits per heavy atom. The van der Waals surface area contributed by atoms with Crippen LogP contribution in [0.4, 0.5) is 0 Å². The first kappa shape index (κ1) is 14.1. The minimum Gasteiger partial charge on any atom is -0.810 e. The molecule has 0 aliphatic heterocycles. The van der Waals surface area contributed by atoms with Gasteiger partial charge >= 0.3 is 0 Å². The van der Waals surface area contributed by atoms with Crippen LogP contribution in [0.5, 0.6) is 0 Å².